The van der Waals surface area contributed by atoms with Gasteiger partial charge in [0.15, 0.2) is 0 Å². The van der Waals surface area contributed by atoms with Crippen LogP contribution in [0.5, 0.6) is 5.75 Å². The second-order valence-corrected chi connectivity index (χ2v) is 7.50. The van der Waals surface area contributed by atoms with Crippen molar-refractivity contribution in [3.8, 4) is 17.1 Å². The molecule has 0 spiro atoms. The number of H-pyrrole nitrogens is 1. The van der Waals surface area contributed by atoms with Gasteiger partial charge in [-0.05, 0) is 36.8 Å². The number of ether oxygens (including phenoxy) is 1. The molecule has 2 heterocycles. The normalized spacial score (nSPS) is 13.7. The van der Waals surface area contributed by atoms with Crippen LogP contribution in [0.4, 0.5) is 5.69 Å². The highest BCUT2D eigenvalue weighted by Crippen LogP contribution is 2.27. The van der Waals surface area contributed by atoms with Gasteiger partial charge in [-0.15, -0.1) is 0 Å². The van der Waals surface area contributed by atoms with E-state index in [1.165, 1.54) is 19.2 Å². The molecule has 154 valence electrons. The van der Waals surface area contributed by atoms with Crippen LogP contribution in [0.15, 0.2) is 47.3 Å². The summed E-state index contributed by atoms with van der Waals surface area (Å²) in [5, 5.41) is 11.6. The van der Waals surface area contributed by atoms with Crippen molar-refractivity contribution in [2.24, 2.45) is 0 Å². The van der Waals surface area contributed by atoms with Crippen LogP contribution in [-0.4, -0.2) is 33.4 Å². The minimum absolute atomic E-state index is 0.0135. The van der Waals surface area contributed by atoms with Crippen LogP contribution in [0.3, 0.4) is 0 Å². The fraction of sp³-hybridized carbons (Fsp3) is 0.238. The molecule has 1 aliphatic rings. The summed E-state index contributed by atoms with van der Waals surface area (Å²) in [5.74, 6) is 0.973. The number of rotatable bonds is 5. The van der Waals surface area contributed by atoms with E-state index in [1.54, 1.807) is 18.2 Å². The highest BCUT2D eigenvalue weighted by Gasteiger charge is 2.23. The standard InChI is InChI=1S/C21H19ClN4O4/c1-30-19-10-16(26(28)29)7-4-14(19)11-25-9-8-17-18(12-25)23-20(24-21(17)27)13-2-5-15(22)6-3-13/h2-7,10H,8-9,11-12H2,1H3,(H,23,24,27). The highest BCUT2D eigenvalue weighted by atomic mass is 35.5. The van der Waals surface area contributed by atoms with Crippen molar-refractivity contribution in [2.45, 2.75) is 19.5 Å². The van der Waals surface area contributed by atoms with Crippen molar-refractivity contribution in [3.63, 3.8) is 0 Å². The van der Waals surface area contributed by atoms with Gasteiger partial charge in [-0.3, -0.25) is 19.8 Å². The summed E-state index contributed by atoms with van der Waals surface area (Å²) >= 11 is 5.95. The Kier molecular flexibility index (Phi) is 5.52. The zero-order valence-electron chi connectivity index (χ0n) is 16.2. The lowest BCUT2D eigenvalue weighted by molar-refractivity contribution is -0.384. The quantitative estimate of drug-likeness (QED) is 0.494. The lowest BCUT2D eigenvalue weighted by atomic mass is 10.0. The van der Waals surface area contributed by atoms with E-state index in [0.29, 0.717) is 48.2 Å². The van der Waals surface area contributed by atoms with Gasteiger partial charge >= 0.3 is 0 Å². The molecule has 0 unspecified atom stereocenters. The van der Waals surface area contributed by atoms with Gasteiger partial charge in [-0.2, -0.15) is 0 Å². The molecule has 0 saturated carbocycles. The topological polar surface area (TPSA) is 101 Å². The minimum atomic E-state index is -0.446. The number of aromatic nitrogens is 2. The number of nitro groups is 1. The third-order valence-corrected chi connectivity index (χ3v) is 5.40. The van der Waals surface area contributed by atoms with Gasteiger partial charge in [0, 0.05) is 47.4 Å². The Balaban J connectivity index is 1.59. The Morgan fingerprint density at radius 1 is 1.27 bits per heavy atom. The maximum absolute atomic E-state index is 12.6. The predicted molar refractivity (Wildman–Crippen MR) is 113 cm³/mol. The molecule has 0 fully saturated rings. The van der Waals surface area contributed by atoms with Gasteiger partial charge in [-0.1, -0.05) is 11.6 Å². The number of non-ortho nitro benzene ring substituents is 1. The number of methoxy groups -OCH3 is 1. The number of hydrogen-bond donors (Lipinski definition) is 1. The number of hydrogen-bond acceptors (Lipinski definition) is 6. The van der Waals surface area contributed by atoms with Crippen molar-refractivity contribution in [2.75, 3.05) is 13.7 Å². The number of halogens is 1. The Bertz CT molecular complexity index is 1160. The molecule has 0 radical (unpaired) electrons. The predicted octanol–water partition coefficient (Wildman–Crippen LogP) is 3.57. The average Bonchev–Trinajstić information content (AvgIpc) is 2.74. The number of nitrogens with one attached hydrogen (secondary N) is 1. The van der Waals surface area contributed by atoms with Crippen LogP contribution in [0.1, 0.15) is 16.8 Å². The van der Waals surface area contributed by atoms with Crippen molar-refractivity contribution < 1.29 is 9.66 Å². The molecule has 9 heteroatoms. The summed E-state index contributed by atoms with van der Waals surface area (Å²) in [6.45, 7) is 1.71. The van der Waals surface area contributed by atoms with Crippen LogP contribution in [0.2, 0.25) is 5.02 Å². The second kappa shape index (κ2) is 8.25. The van der Waals surface area contributed by atoms with Gasteiger partial charge < -0.3 is 9.72 Å². The molecule has 1 aromatic heterocycles. The molecule has 0 saturated heterocycles. The molecule has 3 aromatic rings. The summed E-state index contributed by atoms with van der Waals surface area (Å²) in [5.41, 5.74) is 2.91. The first kappa shape index (κ1) is 20.1. The van der Waals surface area contributed by atoms with E-state index >= 15 is 0 Å². The maximum atomic E-state index is 12.6. The van der Waals surface area contributed by atoms with Crippen LogP contribution < -0.4 is 10.3 Å². The molecule has 2 aromatic carbocycles. The summed E-state index contributed by atoms with van der Waals surface area (Å²) < 4.78 is 5.34. The first-order valence-electron chi connectivity index (χ1n) is 9.36. The minimum Gasteiger partial charge on any atom is -0.496 e. The molecule has 1 N–H and O–H groups in total. The van der Waals surface area contributed by atoms with E-state index in [0.717, 1.165) is 16.8 Å². The van der Waals surface area contributed by atoms with Crippen LogP contribution >= 0.6 is 11.6 Å². The van der Waals surface area contributed by atoms with Crippen LogP contribution in [0.25, 0.3) is 11.4 Å². The molecule has 1 aliphatic heterocycles. The molecule has 0 amide bonds. The number of aromatic amines is 1. The van der Waals surface area contributed by atoms with E-state index < -0.39 is 4.92 Å². The fourth-order valence-electron chi connectivity index (χ4n) is 3.59. The van der Waals surface area contributed by atoms with Crippen molar-refractivity contribution >= 4 is 17.3 Å². The molecular formula is C21H19ClN4O4. The van der Waals surface area contributed by atoms with E-state index in [4.69, 9.17) is 16.3 Å². The zero-order valence-corrected chi connectivity index (χ0v) is 17.0. The maximum Gasteiger partial charge on any atom is 0.273 e. The van der Waals surface area contributed by atoms with Gasteiger partial charge in [-0.25, -0.2) is 4.98 Å². The van der Waals surface area contributed by atoms with E-state index in [9.17, 15) is 14.9 Å². The van der Waals surface area contributed by atoms with E-state index in [-0.39, 0.29) is 11.2 Å². The lowest BCUT2D eigenvalue weighted by Gasteiger charge is -2.28. The number of nitro benzene ring substituents is 1. The van der Waals surface area contributed by atoms with Gasteiger partial charge in [0.1, 0.15) is 11.6 Å². The Morgan fingerprint density at radius 2 is 2.03 bits per heavy atom. The molecule has 8 nitrogen and oxygen atoms in total. The molecule has 0 atom stereocenters. The first-order chi connectivity index (χ1) is 14.4. The third kappa shape index (κ3) is 4.05. The Labute approximate surface area is 177 Å². The lowest BCUT2D eigenvalue weighted by Crippen LogP contribution is -2.35. The van der Waals surface area contributed by atoms with Crippen LogP contribution in [-0.2, 0) is 19.5 Å². The molecule has 4 rings (SSSR count). The summed E-state index contributed by atoms with van der Waals surface area (Å²) in [6, 6.07) is 11.7. The van der Waals surface area contributed by atoms with Crippen molar-refractivity contribution in [3.05, 3.63) is 84.8 Å². The molecule has 0 aliphatic carbocycles. The monoisotopic (exact) mass is 426 g/mol. The average molecular weight is 427 g/mol. The van der Waals surface area contributed by atoms with Gasteiger partial charge in [0.2, 0.25) is 0 Å². The zero-order chi connectivity index (χ0) is 21.3. The molecule has 30 heavy (non-hydrogen) atoms. The van der Waals surface area contributed by atoms with Gasteiger partial charge in [0.25, 0.3) is 11.2 Å². The Hall–Kier alpha value is -3.23. The van der Waals surface area contributed by atoms with Crippen molar-refractivity contribution in [1.29, 1.82) is 0 Å². The molecule has 0 bridgehead atoms. The third-order valence-electron chi connectivity index (χ3n) is 5.15. The Morgan fingerprint density at radius 3 is 2.73 bits per heavy atom. The molecular weight excluding hydrogens is 408 g/mol. The smallest absolute Gasteiger partial charge is 0.273 e. The summed E-state index contributed by atoms with van der Waals surface area (Å²) in [6.07, 6.45) is 0.577. The largest absolute Gasteiger partial charge is 0.496 e. The second-order valence-electron chi connectivity index (χ2n) is 7.06. The van der Waals surface area contributed by atoms with E-state index in [1.807, 2.05) is 12.1 Å². The first-order valence-corrected chi connectivity index (χ1v) is 9.74. The summed E-state index contributed by atoms with van der Waals surface area (Å²) in [4.78, 5) is 32.8. The van der Waals surface area contributed by atoms with Gasteiger partial charge in [0.05, 0.1) is 23.8 Å². The number of nitrogens with zero attached hydrogens (tertiary/aromatic N) is 3. The SMILES string of the molecule is COc1cc([N+](=O)[O-])ccc1CN1CCc2c(nc(-c3ccc(Cl)cc3)[nH]c2=O)C1. The number of benzene rings is 2. The highest BCUT2D eigenvalue weighted by molar-refractivity contribution is 6.30. The fourth-order valence-corrected chi connectivity index (χ4v) is 3.72. The van der Waals surface area contributed by atoms with E-state index in [2.05, 4.69) is 14.9 Å². The summed E-state index contributed by atoms with van der Waals surface area (Å²) in [7, 11) is 1.49. The van der Waals surface area contributed by atoms with Crippen LogP contribution in [0, 0.1) is 10.1 Å². The number of fused-ring (bicyclic) bond motifs is 1. The van der Waals surface area contributed by atoms with Crippen molar-refractivity contribution in [1.82, 2.24) is 14.9 Å².